The molecule has 5 heteroatoms. The quantitative estimate of drug-likeness (QED) is 0.684. The molecule has 0 aromatic carbocycles. The monoisotopic (exact) mass is 211 g/mol. The van der Waals surface area contributed by atoms with E-state index in [1.165, 1.54) is 0 Å². The summed E-state index contributed by atoms with van der Waals surface area (Å²) in [6.07, 6.45) is 2.92. The lowest BCUT2D eigenvalue weighted by Crippen LogP contribution is -2.19. The molecule has 15 heavy (non-hydrogen) atoms. The predicted molar refractivity (Wildman–Crippen MR) is 60.2 cm³/mol. The summed E-state index contributed by atoms with van der Waals surface area (Å²) in [5, 5.41) is 11.4. The molecule has 0 amide bonds. The van der Waals surface area contributed by atoms with Crippen molar-refractivity contribution >= 4 is 0 Å². The third-order valence-corrected chi connectivity index (χ3v) is 2.04. The van der Waals surface area contributed by atoms with Crippen molar-refractivity contribution in [2.24, 2.45) is 11.7 Å². The van der Waals surface area contributed by atoms with Gasteiger partial charge in [-0.2, -0.15) is 0 Å². The molecule has 5 nitrogen and oxygen atoms in total. The van der Waals surface area contributed by atoms with Crippen molar-refractivity contribution in [3.63, 3.8) is 0 Å². The Hall–Kier alpha value is -0.940. The van der Waals surface area contributed by atoms with E-state index in [9.17, 15) is 0 Å². The SMILES string of the molecule is CC(C)CNCc1cn(CCCN)nn1. The van der Waals surface area contributed by atoms with E-state index < -0.39 is 0 Å². The van der Waals surface area contributed by atoms with E-state index in [4.69, 9.17) is 5.73 Å². The summed E-state index contributed by atoms with van der Waals surface area (Å²) in [4.78, 5) is 0. The number of hydrogen-bond donors (Lipinski definition) is 2. The van der Waals surface area contributed by atoms with Crippen LogP contribution in [0, 0.1) is 5.92 Å². The van der Waals surface area contributed by atoms with Crippen LogP contribution in [0.4, 0.5) is 0 Å². The molecule has 0 atom stereocenters. The smallest absolute Gasteiger partial charge is 0.0964 e. The first kappa shape index (κ1) is 12.1. The first-order chi connectivity index (χ1) is 7.22. The molecule has 1 heterocycles. The van der Waals surface area contributed by atoms with Gasteiger partial charge in [-0.15, -0.1) is 5.10 Å². The highest BCUT2D eigenvalue weighted by Crippen LogP contribution is 1.95. The van der Waals surface area contributed by atoms with Crippen LogP contribution < -0.4 is 11.1 Å². The third kappa shape index (κ3) is 4.90. The van der Waals surface area contributed by atoms with Gasteiger partial charge in [-0.1, -0.05) is 19.1 Å². The molecule has 86 valence electrons. The standard InChI is InChI=1S/C10H21N5/c1-9(2)6-12-7-10-8-15(14-13-10)5-3-4-11/h8-9,12H,3-7,11H2,1-2H3. The minimum absolute atomic E-state index is 0.664. The zero-order chi connectivity index (χ0) is 11.1. The van der Waals surface area contributed by atoms with Crippen LogP contribution in [0.2, 0.25) is 0 Å². The number of nitrogens with zero attached hydrogens (tertiary/aromatic N) is 3. The zero-order valence-corrected chi connectivity index (χ0v) is 9.61. The number of aromatic nitrogens is 3. The first-order valence-electron chi connectivity index (χ1n) is 5.52. The van der Waals surface area contributed by atoms with Crippen molar-refractivity contribution in [1.82, 2.24) is 20.3 Å². The minimum atomic E-state index is 0.664. The Morgan fingerprint density at radius 2 is 2.33 bits per heavy atom. The number of aryl methyl sites for hydroxylation is 1. The number of nitrogens with two attached hydrogens (primary N) is 1. The average molecular weight is 211 g/mol. The van der Waals surface area contributed by atoms with E-state index in [2.05, 4.69) is 29.5 Å². The van der Waals surface area contributed by atoms with Crippen LogP contribution in [-0.2, 0) is 13.1 Å². The predicted octanol–water partition coefficient (Wildman–Crippen LogP) is 0.373. The summed E-state index contributed by atoms with van der Waals surface area (Å²) in [5.74, 6) is 0.664. The molecule has 0 spiro atoms. The normalized spacial score (nSPS) is 11.2. The Labute approximate surface area is 91.0 Å². The lowest BCUT2D eigenvalue weighted by atomic mass is 10.2. The second kappa shape index (κ2) is 6.53. The molecule has 0 aliphatic rings. The minimum Gasteiger partial charge on any atom is -0.330 e. The summed E-state index contributed by atoms with van der Waals surface area (Å²) < 4.78 is 1.85. The molecule has 1 rings (SSSR count). The number of rotatable bonds is 7. The average Bonchev–Trinajstić information content (AvgIpc) is 2.62. The van der Waals surface area contributed by atoms with E-state index in [-0.39, 0.29) is 0 Å². The third-order valence-electron chi connectivity index (χ3n) is 2.04. The summed E-state index contributed by atoms with van der Waals surface area (Å²) in [6.45, 7) is 7.72. The highest BCUT2D eigenvalue weighted by Gasteiger charge is 2.00. The largest absolute Gasteiger partial charge is 0.330 e. The Bertz CT molecular complexity index is 269. The van der Waals surface area contributed by atoms with Crippen LogP contribution in [0.25, 0.3) is 0 Å². The molecule has 0 aliphatic heterocycles. The van der Waals surface area contributed by atoms with E-state index in [1.54, 1.807) is 0 Å². The van der Waals surface area contributed by atoms with Gasteiger partial charge < -0.3 is 11.1 Å². The highest BCUT2D eigenvalue weighted by molar-refractivity contribution is 4.91. The van der Waals surface area contributed by atoms with Gasteiger partial charge in [0, 0.05) is 19.3 Å². The van der Waals surface area contributed by atoms with E-state index in [0.29, 0.717) is 12.5 Å². The molecular formula is C10H21N5. The van der Waals surface area contributed by atoms with Crippen molar-refractivity contribution in [3.8, 4) is 0 Å². The molecule has 0 aliphatic carbocycles. The summed E-state index contributed by atoms with van der Waals surface area (Å²) >= 11 is 0. The van der Waals surface area contributed by atoms with Gasteiger partial charge in [-0.05, 0) is 25.4 Å². The van der Waals surface area contributed by atoms with Crippen LogP contribution in [0.1, 0.15) is 26.0 Å². The van der Waals surface area contributed by atoms with Crippen LogP contribution in [-0.4, -0.2) is 28.1 Å². The molecule has 1 aromatic rings. The fourth-order valence-electron chi connectivity index (χ4n) is 1.27. The second-order valence-corrected chi connectivity index (χ2v) is 4.14. The molecule has 3 N–H and O–H groups in total. The first-order valence-corrected chi connectivity index (χ1v) is 5.52. The van der Waals surface area contributed by atoms with Gasteiger partial charge in [0.1, 0.15) is 0 Å². The second-order valence-electron chi connectivity index (χ2n) is 4.14. The van der Waals surface area contributed by atoms with Crippen molar-refractivity contribution in [1.29, 1.82) is 0 Å². The molecule has 0 radical (unpaired) electrons. The fraction of sp³-hybridized carbons (Fsp3) is 0.800. The Kier molecular flexibility index (Phi) is 5.28. The summed E-state index contributed by atoms with van der Waals surface area (Å²) in [6, 6.07) is 0. The van der Waals surface area contributed by atoms with Gasteiger partial charge in [0.15, 0.2) is 0 Å². The van der Waals surface area contributed by atoms with Crippen LogP contribution in [0.15, 0.2) is 6.20 Å². The maximum Gasteiger partial charge on any atom is 0.0964 e. The van der Waals surface area contributed by atoms with Crippen molar-refractivity contribution < 1.29 is 0 Å². The number of nitrogens with one attached hydrogen (secondary N) is 1. The van der Waals surface area contributed by atoms with Crippen molar-refractivity contribution in [2.45, 2.75) is 33.4 Å². The maximum atomic E-state index is 5.42. The van der Waals surface area contributed by atoms with Crippen LogP contribution in [0.3, 0.4) is 0 Å². The van der Waals surface area contributed by atoms with E-state index >= 15 is 0 Å². The lowest BCUT2D eigenvalue weighted by Gasteiger charge is -2.04. The molecule has 0 bridgehead atoms. The van der Waals surface area contributed by atoms with Gasteiger partial charge in [0.05, 0.1) is 5.69 Å². The molecule has 0 saturated heterocycles. The summed E-state index contributed by atoms with van der Waals surface area (Å²) in [7, 11) is 0. The maximum absolute atomic E-state index is 5.42. The van der Waals surface area contributed by atoms with Crippen molar-refractivity contribution in [2.75, 3.05) is 13.1 Å². The Balaban J connectivity index is 2.26. The number of hydrogen-bond acceptors (Lipinski definition) is 4. The molecule has 1 aromatic heterocycles. The van der Waals surface area contributed by atoms with Gasteiger partial charge >= 0.3 is 0 Å². The topological polar surface area (TPSA) is 68.8 Å². The highest BCUT2D eigenvalue weighted by atomic mass is 15.4. The molecule has 0 unspecified atom stereocenters. The zero-order valence-electron chi connectivity index (χ0n) is 9.61. The summed E-state index contributed by atoms with van der Waals surface area (Å²) in [5.41, 5.74) is 6.42. The van der Waals surface area contributed by atoms with E-state index in [1.807, 2.05) is 10.9 Å². The van der Waals surface area contributed by atoms with Crippen LogP contribution >= 0.6 is 0 Å². The van der Waals surface area contributed by atoms with Gasteiger partial charge in [-0.3, -0.25) is 4.68 Å². The van der Waals surface area contributed by atoms with Gasteiger partial charge in [0.25, 0.3) is 0 Å². The molecular weight excluding hydrogens is 190 g/mol. The lowest BCUT2D eigenvalue weighted by molar-refractivity contribution is 0.547. The Morgan fingerprint density at radius 1 is 1.53 bits per heavy atom. The van der Waals surface area contributed by atoms with Gasteiger partial charge in [-0.25, -0.2) is 0 Å². The van der Waals surface area contributed by atoms with Crippen LogP contribution in [0.5, 0.6) is 0 Å². The Morgan fingerprint density at radius 3 is 3.00 bits per heavy atom. The van der Waals surface area contributed by atoms with Gasteiger partial charge in [0.2, 0.25) is 0 Å². The van der Waals surface area contributed by atoms with E-state index in [0.717, 1.165) is 31.7 Å². The molecule has 0 saturated carbocycles. The fourth-order valence-corrected chi connectivity index (χ4v) is 1.27. The molecule has 0 fully saturated rings. The van der Waals surface area contributed by atoms with Crippen molar-refractivity contribution in [3.05, 3.63) is 11.9 Å².